The van der Waals surface area contributed by atoms with Crippen molar-refractivity contribution in [3.63, 3.8) is 0 Å². The highest BCUT2D eigenvalue weighted by Crippen LogP contribution is 2.40. The molecule has 1 amide bonds. The van der Waals surface area contributed by atoms with E-state index in [0.717, 1.165) is 17.5 Å². The number of thiocarbonyl (C=S) groups is 1. The van der Waals surface area contributed by atoms with Crippen LogP contribution in [0.2, 0.25) is 0 Å². The molecule has 4 heteroatoms. The van der Waals surface area contributed by atoms with E-state index in [0.29, 0.717) is 4.32 Å². The molecular weight excluding hydrogens is 334 g/mol. The highest BCUT2D eigenvalue weighted by atomic mass is 32.2. The third-order valence-corrected chi connectivity index (χ3v) is 6.12. The zero-order chi connectivity index (χ0) is 17.3. The van der Waals surface area contributed by atoms with Gasteiger partial charge in [-0.1, -0.05) is 85.0 Å². The Morgan fingerprint density at radius 2 is 1.88 bits per heavy atom. The summed E-state index contributed by atoms with van der Waals surface area (Å²) in [6.45, 7) is 6.23. The summed E-state index contributed by atoms with van der Waals surface area (Å²) < 4.78 is 0.681. The topological polar surface area (TPSA) is 20.3 Å². The molecule has 0 radical (unpaired) electrons. The van der Waals surface area contributed by atoms with Crippen LogP contribution in [-0.2, 0) is 4.79 Å². The number of benzene rings is 2. The molecule has 0 saturated carbocycles. The maximum atomic E-state index is 12.9. The second-order valence-corrected chi connectivity index (χ2v) is 8.00. The lowest BCUT2D eigenvalue weighted by Crippen LogP contribution is -2.36. The lowest BCUT2D eigenvalue weighted by molar-refractivity contribution is -0.127. The van der Waals surface area contributed by atoms with Gasteiger partial charge in [0.2, 0.25) is 5.91 Å². The van der Waals surface area contributed by atoms with Crippen LogP contribution >= 0.6 is 24.0 Å². The number of amides is 1. The minimum absolute atomic E-state index is 0.0607. The molecular formula is C20H21NOS2. The molecule has 2 atom stereocenters. The molecule has 1 aliphatic heterocycles. The van der Waals surface area contributed by atoms with Crippen molar-refractivity contribution in [1.82, 2.24) is 4.90 Å². The first kappa shape index (κ1) is 17.2. The van der Waals surface area contributed by atoms with Gasteiger partial charge < -0.3 is 0 Å². The molecule has 2 aromatic carbocycles. The Hall–Kier alpha value is -1.65. The Bertz CT molecular complexity index is 772. The minimum Gasteiger partial charge on any atom is -0.285 e. The van der Waals surface area contributed by atoms with E-state index in [-0.39, 0.29) is 17.2 Å². The van der Waals surface area contributed by atoms with Crippen LogP contribution in [-0.4, -0.2) is 20.4 Å². The van der Waals surface area contributed by atoms with Crippen LogP contribution < -0.4 is 0 Å². The van der Waals surface area contributed by atoms with Crippen molar-refractivity contribution < 1.29 is 4.79 Å². The Balaban J connectivity index is 2.13. The first-order chi connectivity index (χ1) is 11.5. The Labute approximate surface area is 153 Å². The van der Waals surface area contributed by atoms with Crippen molar-refractivity contribution in [1.29, 1.82) is 0 Å². The zero-order valence-electron chi connectivity index (χ0n) is 14.2. The molecule has 1 heterocycles. The fraction of sp³-hybridized carbons (Fsp3) is 0.300. The third-order valence-electron chi connectivity index (χ3n) is 4.42. The molecule has 0 aliphatic carbocycles. The molecule has 0 spiro atoms. The standard InChI is InChI=1S/C20H21NOS2/c1-4-17-19(22)21(20(23)24-17)18(15-8-6-5-7-9-15)16-11-10-13(2)12-14(16)3/h5-12,17-18H,4H2,1-3H3. The van der Waals surface area contributed by atoms with E-state index in [1.165, 1.54) is 22.9 Å². The van der Waals surface area contributed by atoms with Gasteiger partial charge in [-0.25, -0.2) is 0 Å². The highest BCUT2D eigenvalue weighted by Gasteiger charge is 2.41. The van der Waals surface area contributed by atoms with E-state index in [1.807, 2.05) is 30.0 Å². The van der Waals surface area contributed by atoms with Gasteiger partial charge in [0, 0.05) is 0 Å². The Morgan fingerprint density at radius 3 is 2.46 bits per heavy atom. The number of nitrogens with zero attached hydrogens (tertiary/aromatic N) is 1. The quantitative estimate of drug-likeness (QED) is 0.717. The van der Waals surface area contributed by atoms with E-state index >= 15 is 0 Å². The van der Waals surface area contributed by atoms with E-state index in [4.69, 9.17) is 12.2 Å². The fourth-order valence-electron chi connectivity index (χ4n) is 3.20. The van der Waals surface area contributed by atoms with Crippen LogP contribution in [0.3, 0.4) is 0 Å². The minimum atomic E-state index is -0.157. The van der Waals surface area contributed by atoms with E-state index in [1.54, 1.807) is 0 Å². The number of carbonyl (C=O) groups excluding carboxylic acids is 1. The Kier molecular flexibility index (Phi) is 5.07. The average Bonchev–Trinajstić information content (AvgIpc) is 2.85. The first-order valence-electron chi connectivity index (χ1n) is 8.18. The number of thioether (sulfide) groups is 1. The predicted octanol–water partition coefficient (Wildman–Crippen LogP) is 5.03. The van der Waals surface area contributed by atoms with Crippen molar-refractivity contribution in [2.75, 3.05) is 0 Å². The lowest BCUT2D eigenvalue weighted by atomic mass is 9.92. The summed E-state index contributed by atoms with van der Waals surface area (Å²) in [6, 6.07) is 16.4. The molecule has 1 aliphatic rings. The van der Waals surface area contributed by atoms with Gasteiger partial charge in [0.1, 0.15) is 4.32 Å². The summed E-state index contributed by atoms with van der Waals surface area (Å²) >= 11 is 7.09. The van der Waals surface area contributed by atoms with Crippen molar-refractivity contribution in [2.45, 2.75) is 38.5 Å². The normalized spacial score (nSPS) is 19.0. The largest absolute Gasteiger partial charge is 0.285 e. The molecule has 1 saturated heterocycles. The maximum Gasteiger partial charge on any atom is 0.242 e. The zero-order valence-corrected chi connectivity index (χ0v) is 15.8. The fourth-order valence-corrected chi connectivity index (χ4v) is 4.68. The number of hydrogen-bond acceptors (Lipinski definition) is 3. The monoisotopic (exact) mass is 355 g/mol. The van der Waals surface area contributed by atoms with Gasteiger partial charge >= 0.3 is 0 Å². The molecule has 0 N–H and O–H groups in total. The maximum absolute atomic E-state index is 12.9. The van der Waals surface area contributed by atoms with Crippen molar-refractivity contribution >= 4 is 34.2 Å². The van der Waals surface area contributed by atoms with Gasteiger partial charge in [0.25, 0.3) is 0 Å². The van der Waals surface area contributed by atoms with Gasteiger partial charge in [-0.2, -0.15) is 0 Å². The summed E-state index contributed by atoms with van der Waals surface area (Å²) in [4.78, 5) is 14.8. The summed E-state index contributed by atoms with van der Waals surface area (Å²) in [5.74, 6) is 0.126. The predicted molar refractivity (Wildman–Crippen MR) is 105 cm³/mol. The number of hydrogen-bond donors (Lipinski definition) is 0. The molecule has 1 fully saturated rings. The molecule has 24 heavy (non-hydrogen) atoms. The lowest BCUT2D eigenvalue weighted by Gasteiger charge is -2.29. The second-order valence-electron chi connectivity index (χ2n) is 6.16. The van der Waals surface area contributed by atoms with Crippen molar-refractivity contribution in [3.05, 3.63) is 70.8 Å². The Morgan fingerprint density at radius 1 is 1.17 bits per heavy atom. The number of rotatable bonds is 4. The van der Waals surface area contributed by atoms with Crippen LogP contribution in [0.15, 0.2) is 48.5 Å². The number of carbonyl (C=O) groups is 1. The highest BCUT2D eigenvalue weighted by molar-refractivity contribution is 8.24. The van der Waals surface area contributed by atoms with E-state index in [9.17, 15) is 4.79 Å². The van der Waals surface area contributed by atoms with E-state index < -0.39 is 0 Å². The summed E-state index contributed by atoms with van der Waals surface area (Å²) in [7, 11) is 0. The van der Waals surface area contributed by atoms with Crippen molar-refractivity contribution in [2.24, 2.45) is 0 Å². The van der Waals surface area contributed by atoms with Gasteiger partial charge in [0.15, 0.2) is 0 Å². The molecule has 2 aromatic rings. The molecule has 2 unspecified atom stereocenters. The van der Waals surface area contributed by atoms with E-state index in [2.05, 4.69) is 44.2 Å². The molecule has 0 bridgehead atoms. The van der Waals surface area contributed by atoms with Gasteiger partial charge in [0.05, 0.1) is 11.3 Å². The van der Waals surface area contributed by atoms with Crippen LogP contribution in [0.5, 0.6) is 0 Å². The second kappa shape index (κ2) is 7.08. The van der Waals surface area contributed by atoms with Crippen molar-refractivity contribution in [3.8, 4) is 0 Å². The smallest absolute Gasteiger partial charge is 0.242 e. The third kappa shape index (κ3) is 3.13. The van der Waals surface area contributed by atoms with Crippen LogP contribution in [0.1, 0.15) is 41.6 Å². The molecule has 2 nitrogen and oxygen atoms in total. The number of aryl methyl sites for hydroxylation is 2. The van der Waals surface area contributed by atoms with Crippen LogP contribution in [0.4, 0.5) is 0 Å². The average molecular weight is 356 g/mol. The van der Waals surface area contributed by atoms with Crippen LogP contribution in [0.25, 0.3) is 0 Å². The molecule has 0 aromatic heterocycles. The molecule has 3 rings (SSSR count). The van der Waals surface area contributed by atoms with Gasteiger partial charge in [-0.3, -0.25) is 9.69 Å². The summed E-state index contributed by atoms with van der Waals surface area (Å²) in [5.41, 5.74) is 4.64. The summed E-state index contributed by atoms with van der Waals surface area (Å²) in [6.07, 6.45) is 0.800. The van der Waals surface area contributed by atoms with Gasteiger partial charge in [-0.15, -0.1) is 0 Å². The van der Waals surface area contributed by atoms with Gasteiger partial charge in [-0.05, 0) is 37.0 Å². The summed E-state index contributed by atoms with van der Waals surface area (Å²) in [5, 5.41) is -0.0607. The SMILES string of the molecule is CCC1SC(=S)N(C(c2ccccc2)c2ccc(C)cc2C)C1=O. The first-order valence-corrected chi connectivity index (χ1v) is 9.47. The molecule has 124 valence electrons. The van der Waals surface area contributed by atoms with Crippen LogP contribution in [0, 0.1) is 13.8 Å².